The number of hydrogen-bond donors (Lipinski definition) is 2. The number of benzene rings is 1. The Kier molecular flexibility index (Phi) is 4.61. The van der Waals surface area contributed by atoms with E-state index in [1.807, 2.05) is 23.1 Å². The Hall–Kier alpha value is -2.08. The molecular formula is C19H25N3O3. The minimum absolute atomic E-state index is 0.135. The molecule has 1 aromatic rings. The topological polar surface area (TPSA) is 70.7 Å². The molecule has 1 atom stereocenters. The van der Waals surface area contributed by atoms with Crippen molar-refractivity contribution in [2.75, 3.05) is 29.9 Å². The Labute approximate surface area is 147 Å². The molecule has 1 saturated carbocycles. The van der Waals surface area contributed by atoms with Gasteiger partial charge in [0.2, 0.25) is 5.91 Å². The van der Waals surface area contributed by atoms with Crippen LogP contribution in [0.2, 0.25) is 0 Å². The van der Waals surface area contributed by atoms with Gasteiger partial charge in [0.15, 0.2) is 0 Å². The van der Waals surface area contributed by atoms with E-state index < -0.39 is 0 Å². The van der Waals surface area contributed by atoms with Crippen LogP contribution in [0.3, 0.4) is 0 Å². The van der Waals surface area contributed by atoms with Crippen LogP contribution in [-0.2, 0) is 16.0 Å². The first kappa shape index (κ1) is 16.4. The lowest BCUT2D eigenvalue weighted by Crippen LogP contribution is -2.37. The fourth-order valence-electron chi connectivity index (χ4n) is 3.64. The number of carbonyl (C=O) groups is 2. The first-order valence-electron chi connectivity index (χ1n) is 9.31. The molecule has 25 heavy (non-hydrogen) atoms. The van der Waals surface area contributed by atoms with E-state index in [1.54, 1.807) is 0 Å². The summed E-state index contributed by atoms with van der Waals surface area (Å²) >= 11 is 0. The molecule has 3 aliphatic rings. The van der Waals surface area contributed by atoms with Crippen LogP contribution in [0.4, 0.5) is 16.2 Å². The van der Waals surface area contributed by atoms with Gasteiger partial charge in [0.25, 0.3) is 0 Å². The van der Waals surface area contributed by atoms with Crippen molar-refractivity contribution in [2.24, 2.45) is 5.92 Å². The minimum atomic E-state index is -0.211. The number of hydrogen-bond acceptors (Lipinski definition) is 3. The lowest BCUT2D eigenvalue weighted by atomic mass is 10.0. The highest BCUT2D eigenvalue weighted by atomic mass is 16.5. The quantitative estimate of drug-likeness (QED) is 0.883. The van der Waals surface area contributed by atoms with Crippen molar-refractivity contribution < 1.29 is 14.3 Å². The zero-order valence-electron chi connectivity index (χ0n) is 14.4. The molecule has 0 radical (unpaired) electrons. The molecule has 134 valence electrons. The van der Waals surface area contributed by atoms with Gasteiger partial charge in [-0.3, -0.25) is 4.79 Å². The Morgan fingerprint density at radius 2 is 2.08 bits per heavy atom. The second-order valence-electron chi connectivity index (χ2n) is 7.18. The molecule has 2 aliphatic heterocycles. The van der Waals surface area contributed by atoms with Gasteiger partial charge in [-0.25, -0.2) is 4.79 Å². The van der Waals surface area contributed by atoms with Gasteiger partial charge >= 0.3 is 6.03 Å². The Morgan fingerprint density at radius 1 is 1.20 bits per heavy atom. The summed E-state index contributed by atoms with van der Waals surface area (Å²) in [5.74, 6) is 0.489. The maximum atomic E-state index is 12.4. The summed E-state index contributed by atoms with van der Waals surface area (Å²) in [6.07, 6.45) is 6.16. The van der Waals surface area contributed by atoms with Crippen molar-refractivity contribution in [3.63, 3.8) is 0 Å². The standard InChI is InChI=1S/C19H25N3O3/c23-18(13-5-6-13)22-9-1-3-14-11-15(7-8-17(14)22)21-19(24)20-12-16-4-2-10-25-16/h7-8,11,13,16H,1-6,9-10,12H2,(H2,20,21,24). The lowest BCUT2D eigenvalue weighted by molar-refractivity contribution is -0.119. The molecule has 4 rings (SSSR count). The fraction of sp³-hybridized carbons (Fsp3) is 0.579. The summed E-state index contributed by atoms with van der Waals surface area (Å²) in [5, 5.41) is 5.75. The number of nitrogens with one attached hydrogen (secondary N) is 2. The highest BCUT2D eigenvalue weighted by molar-refractivity contribution is 5.98. The molecular weight excluding hydrogens is 318 g/mol. The van der Waals surface area contributed by atoms with Crippen molar-refractivity contribution in [3.05, 3.63) is 23.8 Å². The molecule has 0 bridgehead atoms. The van der Waals surface area contributed by atoms with Gasteiger partial charge in [0, 0.05) is 37.0 Å². The normalized spacial score (nSPS) is 22.4. The Balaban J connectivity index is 1.38. The third kappa shape index (κ3) is 3.79. The van der Waals surface area contributed by atoms with Gasteiger partial charge in [-0.15, -0.1) is 0 Å². The van der Waals surface area contributed by atoms with E-state index in [4.69, 9.17) is 4.74 Å². The average molecular weight is 343 g/mol. The zero-order chi connectivity index (χ0) is 17.2. The summed E-state index contributed by atoms with van der Waals surface area (Å²) in [5.41, 5.74) is 2.91. The Bertz CT molecular complexity index is 666. The second kappa shape index (κ2) is 7.04. The van der Waals surface area contributed by atoms with E-state index >= 15 is 0 Å². The van der Waals surface area contributed by atoms with E-state index in [9.17, 15) is 9.59 Å². The van der Waals surface area contributed by atoms with Crippen molar-refractivity contribution in [2.45, 2.75) is 44.6 Å². The van der Waals surface area contributed by atoms with Crippen molar-refractivity contribution >= 4 is 23.3 Å². The zero-order valence-corrected chi connectivity index (χ0v) is 14.4. The van der Waals surface area contributed by atoms with Crippen LogP contribution in [0.5, 0.6) is 0 Å². The van der Waals surface area contributed by atoms with Crippen molar-refractivity contribution in [3.8, 4) is 0 Å². The predicted molar refractivity (Wildman–Crippen MR) is 95.8 cm³/mol. The van der Waals surface area contributed by atoms with E-state index in [0.717, 1.165) is 68.6 Å². The lowest BCUT2D eigenvalue weighted by Gasteiger charge is -2.30. The number of aryl methyl sites for hydroxylation is 1. The summed E-state index contributed by atoms with van der Waals surface area (Å²) < 4.78 is 5.51. The van der Waals surface area contributed by atoms with Crippen LogP contribution in [0.1, 0.15) is 37.7 Å². The molecule has 2 fully saturated rings. The number of amides is 3. The highest BCUT2D eigenvalue weighted by Gasteiger charge is 2.35. The van der Waals surface area contributed by atoms with Gasteiger partial charge in [-0.1, -0.05) is 0 Å². The van der Waals surface area contributed by atoms with Crippen LogP contribution in [-0.4, -0.2) is 37.7 Å². The number of nitrogens with zero attached hydrogens (tertiary/aromatic N) is 1. The van der Waals surface area contributed by atoms with Gasteiger partial charge in [0.1, 0.15) is 0 Å². The van der Waals surface area contributed by atoms with E-state index in [1.165, 1.54) is 0 Å². The predicted octanol–water partition coefficient (Wildman–Crippen LogP) is 2.68. The summed E-state index contributed by atoms with van der Waals surface area (Å²) in [6.45, 7) is 2.13. The third-order valence-corrected chi connectivity index (χ3v) is 5.16. The molecule has 2 N–H and O–H groups in total. The summed E-state index contributed by atoms with van der Waals surface area (Å²) in [6, 6.07) is 5.62. The Morgan fingerprint density at radius 3 is 2.84 bits per heavy atom. The van der Waals surface area contributed by atoms with Crippen LogP contribution < -0.4 is 15.5 Å². The first-order chi connectivity index (χ1) is 12.2. The molecule has 1 saturated heterocycles. The van der Waals surface area contributed by atoms with Gasteiger partial charge < -0.3 is 20.3 Å². The number of fused-ring (bicyclic) bond motifs is 1. The molecule has 1 aromatic carbocycles. The molecule has 1 unspecified atom stereocenters. The number of anilines is 2. The summed E-state index contributed by atoms with van der Waals surface area (Å²) in [4.78, 5) is 26.4. The number of urea groups is 1. The van der Waals surface area contributed by atoms with Crippen LogP contribution >= 0.6 is 0 Å². The molecule has 0 aromatic heterocycles. The smallest absolute Gasteiger partial charge is 0.319 e. The average Bonchev–Trinajstić information content (AvgIpc) is 3.34. The van der Waals surface area contributed by atoms with Crippen LogP contribution in [0, 0.1) is 5.92 Å². The number of rotatable bonds is 4. The maximum Gasteiger partial charge on any atom is 0.319 e. The fourth-order valence-corrected chi connectivity index (χ4v) is 3.64. The molecule has 6 heteroatoms. The minimum Gasteiger partial charge on any atom is -0.376 e. The molecule has 1 aliphatic carbocycles. The number of ether oxygens (including phenoxy) is 1. The SMILES string of the molecule is O=C(NCC1CCCO1)Nc1ccc2c(c1)CCCN2C(=O)C1CC1. The van der Waals surface area contributed by atoms with Crippen molar-refractivity contribution in [1.29, 1.82) is 0 Å². The van der Waals surface area contributed by atoms with Gasteiger partial charge in [0.05, 0.1) is 6.10 Å². The molecule has 3 amide bonds. The van der Waals surface area contributed by atoms with E-state index in [0.29, 0.717) is 6.54 Å². The highest BCUT2D eigenvalue weighted by Crippen LogP contribution is 2.36. The monoisotopic (exact) mass is 343 g/mol. The summed E-state index contributed by atoms with van der Waals surface area (Å²) in [7, 11) is 0. The third-order valence-electron chi connectivity index (χ3n) is 5.16. The second-order valence-corrected chi connectivity index (χ2v) is 7.18. The van der Waals surface area contributed by atoms with Crippen LogP contribution in [0.15, 0.2) is 18.2 Å². The largest absolute Gasteiger partial charge is 0.376 e. The van der Waals surface area contributed by atoms with Gasteiger partial charge in [-0.2, -0.15) is 0 Å². The number of carbonyl (C=O) groups excluding carboxylic acids is 2. The van der Waals surface area contributed by atoms with Crippen molar-refractivity contribution in [1.82, 2.24) is 5.32 Å². The molecule has 6 nitrogen and oxygen atoms in total. The van der Waals surface area contributed by atoms with E-state index in [-0.39, 0.29) is 24.0 Å². The maximum absolute atomic E-state index is 12.4. The van der Waals surface area contributed by atoms with Gasteiger partial charge in [-0.05, 0) is 62.3 Å². The van der Waals surface area contributed by atoms with Crippen LogP contribution in [0.25, 0.3) is 0 Å². The van der Waals surface area contributed by atoms with E-state index in [2.05, 4.69) is 10.6 Å². The first-order valence-corrected chi connectivity index (χ1v) is 9.31. The molecule has 2 heterocycles. The molecule has 0 spiro atoms.